The first-order chi connectivity index (χ1) is 16.6. The fourth-order valence-electron chi connectivity index (χ4n) is 3.84. The van der Waals surface area contributed by atoms with E-state index in [1.165, 1.54) is 0 Å². The zero-order chi connectivity index (χ0) is 23.9. The molecule has 0 bridgehead atoms. The van der Waals surface area contributed by atoms with Crippen LogP contribution in [-0.4, -0.2) is 67.4 Å². The van der Waals surface area contributed by atoms with E-state index >= 15 is 0 Å². The third-order valence-electron chi connectivity index (χ3n) is 5.70. The summed E-state index contributed by atoms with van der Waals surface area (Å²) in [5.41, 5.74) is 2.82. The number of piperazine rings is 1. The molecule has 1 amide bonds. The summed E-state index contributed by atoms with van der Waals surface area (Å²) in [5.74, 6) is 1.85. The smallest absolute Gasteiger partial charge is 0.255 e. The van der Waals surface area contributed by atoms with Gasteiger partial charge in [-0.25, -0.2) is 0 Å². The van der Waals surface area contributed by atoms with Crippen molar-refractivity contribution in [3.05, 3.63) is 60.2 Å². The van der Waals surface area contributed by atoms with E-state index in [0.29, 0.717) is 36.0 Å². The molecule has 1 N–H and O–H groups in total. The molecule has 1 saturated heterocycles. The van der Waals surface area contributed by atoms with Crippen LogP contribution in [0.4, 0.5) is 11.5 Å². The molecule has 2 aromatic carbocycles. The van der Waals surface area contributed by atoms with Crippen molar-refractivity contribution in [2.75, 3.05) is 56.7 Å². The Labute approximate surface area is 200 Å². The Morgan fingerprint density at radius 3 is 2.38 bits per heavy atom. The first kappa shape index (κ1) is 23.5. The lowest BCUT2D eigenvalue weighted by Gasteiger charge is -2.32. The Balaban J connectivity index is 1.46. The Morgan fingerprint density at radius 1 is 0.912 bits per heavy atom. The van der Waals surface area contributed by atoms with E-state index < -0.39 is 0 Å². The average Bonchev–Trinajstić information content (AvgIpc) is 2.86. The van der Waals surface area contributed by atoms with Gasteiger partial charge >= 0.3 is 0 Å². The monoisotopic (exact) mass is 461 g/mol. The van der Waals surface area contributed by atoms with Crippen molar-refractivity contribution in [2.24, 2.45) is 0 Å². The fraction of sp³-hybridized carbons (Fsp3) is 0.346. The molecule has 34 heavy (non-hydrogen) atoms. The van der Waals surface area contributed by atoms with Crippen molar-refractivity contribution in [1.82, 2.24) is 15.1 Å². The van der Waals surface area contributed by atoms with Crippen molar-refractivity contribution < 1.29 is 14.3 Å². The molecule has 0 spiro atoms. The number of nitrogens with one attached hydrogen (secondary N) is 1. The Kier molecular flexibility index (Phi) is 7.59. The minimum Gasteiger partial charge on any atom is -0.490 e. The molecule has 1 aliphatic rings. The molecular weight excluding hydrogens is 430 g/mol. The summed E-state index contributed by atoms with van der Waals surface area (Å²) in [5, 5.41) is 11.8. The average molecular weight is 462 g/mol. The molecule has 0 unspecified atom stereocenters. The SMILES string of the molecule is CCOc1ccc(C(=O)Nc2cccc(-c3ccc(N4CCN(C)CC4)nn3)c2)cc1OCC. The normalized spacial score (nSPS) is 14.0. The van der Waals surface area contributed by atoms with Crippen LogP contribution in [0, 0.1) is 0 Å². The number of likely N-dealkylation sites (N-methyl/N-ethyl adjacent to an activating group) is 1. The van der Waals surface area contributed by atoms with E-state index in [1.807, 2.05) is 50.2 Å². The first-order valence-corrected chi connectivity index (χ1v) is 11.7. The molecule has 1 aliphatic heterocycles. The van der Waals surface area contributed by atoms with Crippen LogP contribution in [0.25, 0.3) is 11.3 Å². The number of carbonyl (C=O) groups is 1. The number of hydrogen-bond acceptors (Lipinski definition) is 7. The van der Waals surface area contributed by atoms with Crippen molar-refractivity contribution in [3.63, 3.8) is 0 Å². The highest BCUT2D eigenvalue weighted by atomic mass is 16.5. The molecule has 4 rings (SSSR count). The van der Waals surface area contributed by atoms with Crippen molar-refractivity contribution in [2.45, 2.75) is 13.8 Å². The lowest BCUT2D eigenvalue weighted by molar-refractivity contribution is 0.102. The number of amides is 1. The number of rotatable bonds is 8. The van der Waals surface area contributed by atoms with Crippen LogP contribution in [-0.2, 0) is 0 Å². The topological polar surface area (TPSA) is 79.8 Å². The largest absolute Gasteiger partial charge is 0.490 e. The number of carbonyl (C=O) groups excluding carboxylic acids is 1. The van der Waals surface area contributed by atoms with Gasteiger partial charge in [-0.3, -0.25) is 4.79 Å². The molecule has 0 aliphatic carbocycles. The highest BCUT2D eigenvalue weighted by Crippen LogP contribution is 2.29. The van der Waals surface area contributed by atoms with E-state index in [4.69, 9.17) is 9.47 Å². The lowest BCUT2D eigenvalue weighted by atomic mass is 10.1. The highest BCUT2D eigenvalue weighted by Gasteiger charge is 2.16. The fourth-order valence-corrected chi connectivity index (χ4v) is 3.84. The van der Waals surface area contributed by atoms with Crippen molar-refractivity contribution in [3.8, 4) is 22.8 Å². The van der Waals surface area contributed by atoms with Crippen molar-refractivity contribution in [1.29, 1.82) is 0 Å². The lowest BCUT2D eigenvalue weighted by Crippen LogP contribution is -2.44. The van der Waals surface area contributed by atoms with Crippen LogP contribution < -0.4 is 19.7 Å². The van der Waals surface area contributed by atoms with Gasteiger partial charge in [0.1, 0.15) is 0 Å². The summed E-state index contributed by atoms with van der Waals surface area (Å²) in [6.45, 7) is 8.75. The van der Waals surface area contributed by atoms with Crippen LogP contribution in [0.5, 0.6) is 11.5 Å². The standard InChI is InChI=1S/C26H31N5O3/c1-4-33-23-11-9-20(18-24(23)34-5-2)26(32)27-21-8-6-7-19(17-21)22-10-12-25(29-28-22)31-15-13-30(3)14-16-31/h6-12,17-18H,4-5,13-16H2,1-3H3,(H,27,32). The number of anilines is 2. The second-order valence-corrected chi connectivity index (χ2v) is 8.13. The third-order valence-corrected chi connectivity index (χ3v) is 5.70. The second-order valence-electron chi connectivity index (χ2n) is 8.13. The summed E-state index contributed by atoms with van der Waals surface area (Å²) in [7, 11) is 2.13. The Bertz CT molecular complexity index is 1110. The van der Waals surface area contributed by atoms with Gasteiger partial charge in [-0.15, -0.1) is 10.2 Å². The van der Waals surface area contributed by atoms with Crippen LogP contribution in [0.2, 0.25) is 0 Å². The molecule has 0 atom stereocenters. The molecule has 178 valence electrons. The molecule has 8 heteroatoms. The molecule has 2 heterocycles. The van der Waals surface area contributed by atoms with E-state index in [-0.39, 0.29) is 5.91 Å². The maximum atomic E-state index is 12.9. The van der Waals surface area contributed by atoms with E-state index in [2.05, 4.69) is 32.4 Å². The molecule has 0 radical (unpaired) electrons. The quantitative estimate of drug-likeness (QED) is 0.544. The summed E-state index contributed by atoms with van der Waals surface area (Å²) in [4.78, 5) is 17.4. The Morgan fingerprint density at radius 2 is 1.68 bits per heavy atom. The first-order valence-electron chi connectivity index (χ1n) is 11.7. The van der Waals surface area contributed by atoms with Crippen LogP contribution in [0.3, 0.4) is 0 Å². The summed E-state index contributed by atoms with van der Waals surface area (Å²) in [6.07, 6.45) is 0. The Hall–Kier alpha value is -3.65. The maximum absolute atomic E-state index is 12.9. The predicted molar refractivity (Wildman–Crippen MR) is 134 cm³/mol. The van der Waals surface area contributed by atoms with Crippen LogP contribution in [0.15, 0.2) is 54.6 Å². The van der Waals surface area contributed by atoms with Gasteiger partial charge in [-0.1, -0.05) is 12.1 Å². The number of nitrogens with zero attached hydrogens (tertiary/aromatic N) is 4. The number of aromatic nitrogens is 2. The maximum Gasteiger partial charge on any atom is 0.255 e. The molecule has 3 aromatic rings. The van der Waals surface area contributed by atoms with E-state index in [0.717, 1.165) is 43.3 Å². The van der Waals surface area contributed by atoms with Crippen molar-refractivity contribution >= 4 is 17.4 Å². The van der Waals surface area contributed by atoms with E-state index in [1.54, 1.807) is 18.2 Å². The van der Waals surface area contributed by atoms with Gasteiger partial charge in [0.15, 0.2) is 17.3 Å². The van der Waals surface area contributed by atoms with E-state index in [9.17, 15) is 4.79 Å². The molecule has 1 aromatic heterocycles. The molecular formula is C26H31N5O3. The second kappa shape index (κ2) is 11.0. The minimum absolute atomic E-state index is 0.224. The summed E-state index contributed by atoms with van der Waals surface area (Å²) < 4.78 is 11.2. The van der Waals surface area contributed by atoms with Gasteiger partial charge in [0.25, 0.3) is 5.91 Å². The van der Waals surface area contributed by atoms with Gasteiger partial charge < -0.3 is 24.6 Å². The summed E-state index contributed by atoms with van der Waals surface area (Å²) in [6, 6.07) is 16.8. The zero-order valence-electron chi connectivity index (χ0n) is 20.0. The number of ether oxygens (including phenoxy) is 2. The van der Waals surface area contributed by atoms with Crippen LogP contribution in [0.1, 0.15) is 24.2 Å². The molecule has 1 fully saturated rings. The van der Waals surface area contributed by atoms with Gasteiger partial charge in [-0.05, 0) is 63.4 Å². The minimum atomic E-state index is -0.224. The predicted octanol–water partition coefficient (Wildman–Crippen LogP) is 3.95. The van der Waals surface area contributed by atoms with Gasteiger partial charge in [0.05, 0.1) is 18.9 Å². The molecule has 0 saturated carbocycles. The molecule has 8 nitrogen and oxygen atoms in total. The van der Waals surface area contributed by atoms with Crippen LogP contribution >= 0.6 is 0 Å². The van der Waals surface area contributed by atoms with Gasteiger partial charge in [0, 0.05) is 43.0 Å². The number of benzene rings is 2. The number of hydrogen-bond donors (Lipinski definition) is 1. The van der Waals surface area contributed by atoms with Gasteiger partial charge in [0.2, 0.25) is 0 Å². The third kappa shape index (κ3) is 5.63. The van der Waals surface area contributed by atoms with Gasteiger partial charge in [-0.2, -0.15) is 0 Å². The zero-order valence-corrected chi connectivity index (χ0v) is 20.0. The highest BCUT2D eigenvalue weighted by molar-refractivity contribution is 6.04. The summed E-state index contributed by atoms with van der Waals surface area (Å²) >= 11 is 0.